The van der Waals surface area contributed by atoms with Crippen LogP contribution in [0.25, 0.3) is 5.69 Å². The number of ketones is 1. The molecule has 3 N–H and O–H groups in total. The van der Waals surface area contributed by atoms with Crippen LogP contribution in [0.5, 0.6) is 0 Å². The molecule has 2 aromatic carbocycles. The van der Waals surface area contributed by atoms with E-state index in [2.05, 4.69) is 43.8 Å². The minimum atomic E-state index is -1.82. The number of aromatic nitrogens is 3. The van der Waals surface area contributed by atoms with Crippen LogP contribution in [-0.2, 0) is 70.2 Å². The summed E-state index contributed by atoms with van der Waals surface area (Å²) in [5.41, 5.74) is 1.74. The molecule has 1 fully saturated rings. The Bertz CT molecular complexity index is 2350. The van der Waals surface area contributed by atoms with Crippen LogP contribution in [0.1, 0.15) is 89.8 Å². The van der Waals surface area contributed by atoms with E-state index in [1.54, 1.807) is 80.2 Å². The Labute approximate surface area is 467 Å². The lowest BCUT2D eigenvalue weighted by Crippen LogP contribution is -2.41. The van der Waals surface area contributed by atoms with Gasteiger partial charge in [-0.1, -0.05) is 49.4 Å². The Morgan fingerprint density at radius 2 is 1.13 bits per heavy atom. The van der Waals surface area contributed by atoms with Crippen molar-refractivity contribution in [2.75, 3.05) is 90.0 Å². The molecule has 0 spiro atoms. The first-order valence-electron chi connectivity index (χ1n) is 26.9. The van der Waals surface area contributed by atoms with Crippen molar-refractivity contribution in [1.29, 1.82) is 0 Å². The molecule has 3 aromatic rings. The molecule has 23 nitrogen and oxygen atoms in total. The normalized spacial score (nSPS) is 16.8. The molecule has 0 saturated carbocycles. The minimum absolute atomic E-state index is 0.0634. The van der Waals surface area contributed by atoms with Gasteiger partial charge in [-0.05, 0) is 103 Å². The second-order valence-corrected chi connectivity index (χ2v) is 20.8. The molecule has 79 heavy (non-hydrogen) atoms. The van der Waals surface area contributed by atoms with E-state index in [1.165, 1.54) is 31.6 Å². The van der Waals surface area contributed by atoms with E-state index < -0.39 is 91.1 Å². The van der Waals surface area contributed by atoms with Gasteiger partial charge in [0, 0.05) is 76.6 Å². The highest BCUT2D eigenvalue weighted by Gasteiger charge is 2.35. The third-order valence-corrected chi connectivity index (χ3v) is 13.8. The van der Waals surface area contributed by atoms with E-state index in [9.17, 15) is 48.9 Å². The highest BCUT2D eigenvalue weighted by Crippen LogP contribution is 2.17. The van der Waals surface area contributed by atoms with Gasteiger partial charge < -0.3 is 48.6 Å². The Morgan fingerprint density at radius 3 is 1.67 bits per heavy atom. The first-order valence-corrected chi connectivity index (χ1v) is 28.1. The van der Waals surface area contributed by atoms with Gasteiger partial charge in [0.25, 0.3) is 0 Å². The molecule has 0 bridgehead atoms. The lowest BCUT2D eigenvalue weighted by atomic mass is 10.1. The fourth-order valence-electron chi connectivity index (χ4n) is 8.08. The van der Waals surface area contributed by atoms with Crippen LogP contribution in [0, 0.1) is 0 Å². The number of esters is 6. The Balaban J connectivity index is 1.41. The van der Waals surface area contributed by atoms with Crippen LogP contribution < -0.4 is 0 Å². The van der Waals surface area contributed by atoms with Gasteiger partial charge in [-0.15, -0.1) is 5.10 Å². The second-order valence-electron chi connectivity index (χ2n) is 19.5. The SMILES string of the molecule is CCN(CC)CCSCCCC(O)C(=O)OC(C)C(=O)OC(Cc1cn(-c2ccc(C(=O)CN3CCN(C[C@H](C)O)CCN(C[C@H](C)O)CC3)cc2)nn1)C(=O)OC(C)C(=O)OC(C)C(=O)OC(C)C(=O)OCc1ccccc1. The minimum Gasteiger partial charge on any atom is -0.458 e. The van der Waals surface area contributed by atoms with Gasteiger partial charge >= 0.3 is 35.8 Å². The van der Waals surface area contributed by atoms with E-state index >= 15 is 0 Å². The number of hydrogen-bond acceptors (Lipinski definition) is 23. The largest absolute Gasteiger partial charge is 0.458 e. The predicted molar refractivity (Wildman–Crippen MR) is 291 cm³/mol. The number of hydrogen-bond donors (Lipinski definition) is 3. The summed E-state index contributed by atoms with van der Waals surface area (Å²) in [6.07, 6.45) is -9.01. The van der Waals surface area contributed by atoms with Crippen molar-refractivity contribution >= 4 is 53.4 Å². The van der Waals surface area contributed by atoms with Crippen LogP contribution in [-0.4, -0.2) is 230 Å². The molecule has 8 atom stereocenters. The highest BCUT2D eigenvalue weighted by molar-refractivity contribution is 7.99. The van der Waals surface area contributed by atoms with Gasteiger partial charge in [-0.2, -0.15) is 11.8 Å². The third kappa shape index (κ3) is 23.8. The molecule has 24 heteroatoms. The predicted octanol–water partition coefficient (Wildman–Crippen LogP) is 2.27. The average molecular weight is 1130 g/mol. The summed E-state index contributed by atoms with van der Waals surface area (Å²) >= 11 is 1.69. The number of nitrogens with zero attached hydrogens (tertiary/aromatic N) is 7. The van der Waals surface area contributed by atoms with Crippen molar-refractivity contribution in [2.45, 2.75) is 130 Å². The maximum absolute atomic E-state index is 13.8. The monoisotopic (exact) mass is 1130 g/mol. The third-order valence-electron chi connectivity index (χ3n) is 12.7. The average Bonchev–Trinajstić information content (AvgIpc) is 3.95. The van der Waals surface area contributed by atoms with E-state index in [-0.39, 0.29) is 31.0 Å². The van der Waals surface area contributed by atoms with Crippen LogP contribution in [0.15, 0.2) is 60.8 Å². The first kappa shape index (κ1) is 65.7. The summed E-state index contributed by atoms with van der Waals surface area (Å²) in [4.78, 5) is 101. The quantitative estimate of drug-likeness (QED) is 0.0350. The van der Waals surface area contributed by atoms with Crippen LogP contribution >= 0.6 is 11.8 Å². The number of aliphatic hydroxyl groups is 3. The molecule has 1 aromatic heterocycles. The Hall–Kier alpha value is -5.86. The van der Waals surface area contributed by atoms with Crippen molar-refractivity contribution in [1.82, 2.24) is 34.6 Å². The number of ether oxygens (including phenoxy) is 6. The molecule has 6 unspecified atom stereocenters. The van der Waals surface area contributed by atoms with Gasteiger partial charge in [0.05, 0.1) is 36.3 Å². The van der Waals surface area contributed by atoms with Gasteiger partial charge in [0.1, 0.15) is 6.61 Å². The first-order chi connectivity index (χ1) is 37.6. The number of thioether (sulfide) groups is 1. The van der Waals surface area contributed by atoms with Crippen molar-refractivity contribution in [3.05, 3.63) is 77.6 Å². The summed E-state index contributed by atoms with van der Waals surface area (Å²) in [5.74, 6) is -5.16. The number of rotatable bonds is 32. The molecule has 2 heterocycles. The number of aliphatic hydroxyl groups excluding tert-OH is 3. The van der Waals surface area contributed by atoms with Crippen LogP contribution in [0.2, 0.25) is 0 Å². The molecular weight excluding hydrogens is 1050 g/mol. The highest BCUT2D eigenvalue weighted by atomic mass is 32.2. The number of benzene rings is 2. The smallest absolute Gasteiger partial charge is 0.348 e. The zero-order chi connectivity index (χ0) is 58.0. The van der Waals surface area contributed by atoms with E-state index in [0.717, 1.165) is 45.4 Å². The molecular formula is C55H81N7O16S. The summed E-state index contributed by atoms with van der Waals surface area (Å²) in [6.45, 7) is 20.3. The molecule has 0 aliphatic carbocycles. The number of carbonyl (C=O) groups excluding carboxylic acids is 7. The molecule has 438 valence electrons. The zero-order valence-electron chi connectivity index (χ0n) is 46.8. The summed E-state index contributed by atoms with van der Waals surface area (Å²) < 4.78 is 33.0. The van der Waals surface area contributed by atoms with Crippen molar-refractivity contribution in [2.24, 2.45) is 0 Å². The maximum Gasteiger partial charge on any atom is 0.348 e. The summed E-state index contributed by atoms with van der Waals surface area (Å²) in [7, 11) is 0. The standard InChI is InChI=1S/C55H81N7O16S/c1-9-58(10-2)28-30-79-29-14-17-47(65)54(71)76-42(8)53(70)78-49(55(72)77-41(7)52(69)75-40(6)51(68)74-39(5)50(67)73-36-43-15-12-11-13-16-43)31-45-34-62(57-56-45)46-20-18-44(19-21-46)48(66)35-61-26-24-59(32-37(3)63)22-23-60(25-27-61)33-38(4)64/h11-13,15-16,18-21,34,37-42,47,49,63-65H,9-10,14,17,22-33,35-36H2,1-8H3/t37-,38-,39?,40?,41?,42?,47?,49?/m0/s1. The molecule has 0 amide bonds. The van der Waals surface area contributed by atoms with Gasteiger partial charge in [-0.25, -0.2) is 33.4 Å². The van der Waals surface area contributed by atoms with Crippen LogP contribution in [0.3, 0.4) is 0 Å². The number of carbonyl (C=O) groups is 7. The van der Waals surface area contributed by atoms with Gasteiger partial charge in [0.2, 0.25) is 6.10 Å². The van der Waals surface area contributed by atoms with E-state index in [4.69, 9.17) is 28.4 Å². The summed E-state index contributed by atoms with van der Waals surface area (Å²) in [6, 6.07) is 15.4. The van der Waals surface area contributed by atoms with E-state index in [0.29, 0.717) is 68.3 Å². The lowest BCUT2D eigenvalue weighted by Gasteiger charge is -2.27. The molecule has 1 aliphatic heterocycles. The molecule has 4 rings (SSSR count). The fraction of sp³-hybridized carbons (Fsp3) is 0.618. The fourth-order valence-corrected chi connectivity index (χ4v) is 9.04. The zero-order valence-corrected chi connectivity index (χ0v) is 47.6. The Morgan fingerprint density at radius 1 is 0.620 bits per heavy atom. The van der Waals surface area contributed by atoms with Crippen molar-refractivity contribution < 1.29 is 77.3 Å². The topological polar surface area (TPSA) is 279 Å². The van der Waals surface area contributed by atoms with Crippen molar-refractivity contribution in [3.8, 4) is 5.69 Å². The summed E-state index contributed by atoms with van der Waals surface area (Å²) in [5, 5.41) is 39.0. The van der Waals surface area contributed by atoms with E-state index in [1.807, 2.05) is 0 Å². The molecule has 1 saturated heterocycles. The second kappa shape index (κ2) is 34.3. The van der Waals surface area contributed by atoms with Crippen molar-refractivity contribution in [3.63, 3.8) is 0 Å². The van der Waals surface area contributed by atoms with Gasteiger partial charge in [-0.3, -0.25) is 19.5 Å². The van der Waals surface area contributed by atoms with Crippen LogP contribution in [0.4, 0.5) is 0 Å². The van der Waals surface area contributed by atoms with Gasteiger partial charge in [0.15, 0.2) is 36.3 Å². The molecule has 1 aliphatic rings. The number of β-amino-alcohol motifs (C(OH)–C–C–N with tert-alkyl or cyclic N) is 2. The Kier molecular flexibility index (Phi) is 28.5. The number of Topliss-reactive ketones (excluding diaryl/α,β-unsaturated/α-hetero) is 1. The lowest BCUT2D eigenvalue weighted by molar-refractivity contribution is -0.188. The maximum atomic E-state index is 13.8. The molecule has 0 radical (unpaired) electrons.